The molecular weight excluding hydrogens is 439 g/mol. The largest absolute Gasteiger partial charge is 0.468 e. The van der Waals surface area contributed by atoms with Crippen molar-refractivity contribution in [2.24, 2.45) is 4.99 Å². The quantitative estimate of drug-likeness (QED) is 0.345. The van der Waals surface area contributed by atoms with Crippen LogP contribution in [0.3, 0.4) is 0 Å². The van der Waals surface area contributed by atoms with Gasteiger partial charge in [0.25, 0.3) is 0 Å². The van der Waals surface area contributed by atoms with Crippen molar-refractivity contribution in [3.8, 4) is 0 Å². The summed E-state index contributed by atoms with van der Waals surface area (Å²) in [6.45, 7) is 9.15. The van der Waals surface area contributed by atoms with E-state index in [9.17, 15) is 0 Å². The van der Waals surface area contributed by atoms with Gasteiger partial charge in [-0.15, -0.1) is 24.0 Å². The molecule has 6 heteroatoms. The highest BCUT2D eigenvalue weighted by Gasteiger charge is 2.21. The van der Waals surface area contributed by atoms with E-state index in [4.69, 9.17) is 4.42 Å². The zero-order valence-corrected chi connectivity index (χ0v) is 18.4. The highest BCUT2D eigenvalue weighted by atomic mass is 127. The first kappa shape index (κ1) is 22.5. The van der Waals surface area contributed by atoms with Gasteiger partial charge in [0.15, 0.2) is 5.96 Å². The Morgan fingerprint density at radius 1 is 1.12 bits per heavy atom. The average Bonchev–Trinajstić information content (AvgIpc) is 3.19. The van der Waals surface area contributed by atoms with Crippen molar-refractivity contribution in [3.05, 3.63) is 60.1 Å². The maximum atomic E-state index is 5.65. The highest BCUT2D eigenvalue weighted by molar-refractivity contribution is 14.0. The number of benzene rings is 1. The second-order valence-electron chi connectivity index (χ2n) is 5.98. The first-order valence-corrected chi connectivity index (χ1v) is 8.99. The summed E-state index contributed by atoms with van der Waals surface area (Å²) in [4.78, 5) is 6.74. The average molecular weight is 470 g/mol. The van der Waals surface area contributed by atoms with Crippen LogP contribution in [-0.2, 0) is 0 Å². The third kappa shape index (κ3) is 6.32. The van der Waals surface area contributed by atoms with E-state index in [1.807, 2.05) is 18.2 Å². The number of guanidine groups is 1. The smallest absolute Gasteiger partial charge is 0.191 e. The first-order valence-electron chi connectivity index (χ1n) is 8.99. The van der Waals surface area contributed by atoms with Gasteiger partial charge in [0.05, 0.1) is 18.3 Å². The molecule has 0 radical (unpaired) electrons. The predicted octanol–water partition coefficient (Wildman–Crippen LogP) is 4.21. The molecule has 0 aliphatic carbocycles. The van der Waals surface area contributed by atoms with E-state index >= 15 is 0 Å². The van der Waals surface area contributed by atoms with Crippen LogP contribution in [0.15, 0.2) is 58.1 Å². The van der Waals surface area contributed by atoms with Crippen molar-refractivity contribution in [3.63, 3.8) is 0 Å². The Morgan fingerprint density at radius 3 is 2.35 bits per heavy atom. The topological polar surface area (TPSA) is 52.8 Å². The summed E-state index contributed by atoms with van der Waals surface area (Å²) in [7, 11) is 1.80. The molecule has 5 nitrogen and oxygen atoms in total. The third-order valence-corrected chi connectivity index (χ3v) is 4.46. The van der Waals surface area contributed by atoms with Crippen LogP contribution < -0.4 is 10.6 Å². The Kier molecular flexibility index (Phi) is 10.3. The molecule has 2 atom stereocenters. The molecule has 0 fully saturated rings. The van der Waals surface area contributed by atoms with Crippen LogP contribution in [0.2, 0.25) is 0 Å². The molecule has 26 heavy (non-hydrogen) atoms. The van der Waals surface area contributed by atoms with Crippen molar-refractivity contribution in [2.75, 3.05) is 26.7 Å². The molecule has 2 aromatic rings. The second-order valence-corrected chi connectivity index (χ2v) is 5.98. The van der Waals surface area contributed by atoms with Gasteiger partial charge in [-0.3, -0.25) is 9.89 Å². The number of halogens is 1. The molecule has 0 spiro atoms. The van der Waals surface area contributed by atoms with Gasteiger partial charge < -0.3 is 15.1 Å². The van der Waals surface area contributed by atoms with Crippen LogP contribution in [0.1, 0.15) is 44.2 Å². The molecule has 0 saturated heterocycles. The van der Waals surface area contributed by atoms with Crippen molar-refractivity contribution in [1.82, 2.24) is 15.5 Å². The Morgan fingerprint density at radius 2 is 1.81 bits per heavy atom. The molecule has 1 aromatic heterocycles. The second kappa shape index (κ2) is 12.0. The molecule has 0 bridgehead atoms. The van der Waals surface area contributed by atoms with E-state index in [1.165, 1.54) is 5.56 Å². The number of nitrogens with one attached hydrogen (secondary N) is 2. The summed E-state index contributed by atoms with van der Waals surface area (Å²) < 4.78 is 5.65. The van der Waals surface area contributed by atoms with Gasteiger partial charge in [-0.2, -0.15) is 0 Å². The van der Waals surface area contributed by atoms with Gasteiger partial charge in [-0.1, -0.05) is 44.2 Å². The maximum absolute atomic E-state index is 5.65. The Labute approximate surface area is 174 Å². The summed E-state index contributed by atoms with van der Waals surface area (Å²) in [6, 6.07) is 14.7. The summed E-state index contributed by atoms with van der Waals surface area (Å²) in [5.74, 6) is 1.77. The SMILES string of the molecule is CCN(CC)C(CNC(=NC)NC(C)c1ccccc1)c1ccco1.I. The minimum atomic E-state index is 0. The molecule has 0 aliphatic rings. The van der Waals surface area contributed by atoms with Crippen LogP contribution >= 0.6 is 24.0 Å². The minimum Gasteiger partial charge on any atom is -0.468 e. The summed E-state index contributed by atoms with van der Waals surface area (Å²) >= 11 is 0. The Bertz CT molecular complexity index is 627. The summed E-state index contributed by atoms with van der Waals surface area (Å²) in [6.07, 6.45) is 1.73. The van der Waals surface area contributed by atoms with Gasteiger partial charge in [-0.25, -0.2) is 0 Å². The number of likely N-dealkylation sites (N-methyl/N-ethyl adjacent to an activating group) is 1. The van der Waals surface area contributed by atoms with Crippen LogP contribution in [0, 0.1) is 0 Å². The number of hydrogen-bond acceptors (Lipinski definition) is 3. The molecule has 0 amide bonds. The Hall–Kier alpha value is -1.54. The number of rotatable bonds is 8. The lowest BCUT2D eigenvalue weighted by Crippen LogP contribution is -2.43. The number of hydrogen-bond donors (Lipinski definition) is 2. The normalized spacial score (nSPS) is 13.8. The van der Waals surface area contributed by atoms with E-state index < -0.39 is 0 Å². The maximum Gasteiger partial charge on any atom is 0.191 e. The van der Waals surface area contributed by atoms with Gasteiger partial charge >= 0.3 is 0 Å². The van der Waals surface area contributed by atoms with E-state index in [1.54, 1.807) is 13.3 Å². The van der Waals surface area contributed by atoms with Gasteiger partial charge in [0, 0.05) is 13.6 Å². The number of nitrogens with zero attached hydrogens (tertiary/aromatic N) is 2. The lowest BCUT2D eigenvalue weighted by Gasteiger charge is -2.29. The zero-order valence-electron chi connectivity index (χ0n) is 16.1. The monoisotopic (exact) mass is 470 g/mol. The lowest BCUT2D eigenvalue weighted by molar-refractivity contribution is 0.193. The number of aliphatic imine (C=N–C) groups is 1. The molecule has 2 unspecified atom stereocenters. The predicted molar refractivity (Wildman–Crippen MR) is 119 cm³/mol. The number of furan rings is 1. The molecule has 0 aliphatic heterocycles. The molecule has 144 valence electrons. The fourth-order valence-corrected chi connectivity index (χ4v) is 2.97. The standard InChI is InChI=1S/C20H30N4O.HI/c1-5-24(6-2)18(19-13-10-14-25-19)15-22-20(21-4)23-16(3)17-11-8-7-9-12-17;/h7-14,16,18H,5-6,15H2,1-4H3,(H2,21,22,23);1H. The lowest BCUT2D eigenvalue weighted by atomic mass is 10.1. The van der Waals surface area contributed by atoms with Crippen LogP contribution in [0.5, 0.6) is 0 Å². The molecule has 1 heterocycles. The van der Waals surface area contributed by atoms with Crippen molar-refractivity contribution >= 4 is 29.9 Å². The van der Waals surface area contributed by atoms with E-state index in [-0.39, 0.29) is 36.1 Å². The molecule has 2 rings (SSSR count). The van der Waals surface area contributed by atoms with Crippen molar-refractivity contribution in [2.45, 2.75) is 32.9 Å². The van der Waals surface area contributed by atoms with Gasteiger partial charge in [0.2, 0.25) is 0 Å². The van der Waals surface area contributed by atoms with Crippen molar-refractivity contribution in [1.29, 1.82) is 0 Å². The fraction of sp³-hybridized carbons (Fsp3) is 0.450. The highest BCUT2D eigenvalue weighted by Crippen LogP contribution is 2.20. The third-order valence-electron chi connectivity index (χ3n) is 4.46. The molecule has 2 N–H and O–H groups in total. The van der Waals surface area contributed by atoms with Crippen LogP contribution in [0.4, 0.5) is 0 Å². The van der Waals surface area contributed by atoms with E-state index in [2.05, 4.69) is 65.6 Å². The summed E-state index contributed by atoms with van der Waals surface area (Å²) in [5.41, 5.74) is 1.23. The van der Waals surface area contributed by atoms with Crippen LogP contribution in [-0.4, -0.2) is 37.5 Å². The van der Waals surface area contributed by atoms with E-state index in [0.29, 0.717) is 0 Å². The summed E-state index contributed by atoms with van der Waals surface area (Å²) in [5, 5.41) is 6.89. The molecular formula is C20H31IN4O. The fourth-order valence-electron chi connectivity index (χ4n) is 2.97. The van der Waals surface area contributed by atoms with Gasteiger partial charge in [0.1, 0.15) is 5.76 Å². The zero-order chi connectivity index (χ0) is 18.1. The van der Waals surface area contributed by atoms with E-state index in [0.717, 1.165) is 31.4 Å². The van der Waals surface area contributed by atoms with Crippen molar-refractivity contribution < 1.29 is 4.42 Å². The van der Waals surface area contributed by atoms with Crippen LogP contribution in [0.25, 0.3) is 0 Å². The van der Waals surface area contributed by atoms with Gasteiger partial charge in [-0.05, 0) is 37.7 Å². The molecule has 0 saturated carbocycles. The first-order chi connectivity index (χ1) is 12.2. The minimum absolute atomic E-state index is 0. The Balaban J connectivity index is 0.00000338. The molecule has 1 aromatic carbocycles.